The van der Waals surface area contributed by atoms with Crippen molar-refractivity contribution < 1.29 is 23.1 Å². The minimum atomic E-state index is -2.54. The summed E-state index contributed by atoms with van der Waals surface area (Å²) in [6, 6.07) is 6.80. The highest BCUT2D eigenvalue weighted by Gasteiger charge is 2.18. The first-order valence-corrected chi connectivity index (χ1v) is 8.47. The highest BCUT2D eigenvalue weighted by Crippen LogP contribution is 2.26. The number of carbonyl (C=O) groups is 2. The van der Waals surface area contributed by atoms with Crippen molar-refractivity contribution in [3.8, 4) is 0 Å². The number of anilines is 1. The van der Waals surface area contributed by atoms with Crippen molar-refractivity contribution in [3.63, 3.8) is 0 Å². The standard InChI is InChI=1S/C16H15F2N3O5S/c1-9(26-13(23)8-21-7-6-12(22)20-16(21)25)14(24)19-10-2-4-11(5-3-10)27-15(17)18/h2-7,9,15H,8H2,1H3,(H,19,24)(H,20,22,25)/t9-/m0/s1. The van der Waals surface area contributed by atoms with Crippen LogP contribution in [0.5, 0.6) is 0 Å². The van der Waals surface area contributed by atoms with Gasteiger partial charge in [0.25, 0.3) is 17.2 Å². The van der Waals surface area contributed by atoms with Crippen molar-refractivity contribution in [2.24, 2.45) is 0 Å². The number of carbonyl (C=O) groups excluding carboxylic acids is 2. The van der Waals surface area contributed by atoms with Crippen molar-refractivity contribution in [1.82, 2.24) is 9.55 Å². The number of nitrogens with zero attached hydrogens (tertiary/aromatic N) is 1. The highest BCUT2D eigenvalue weighted by atomic mass is 32.2. The fraction of sp³-hybridized carbons (Fsp3) is 0.250. The molecule has 11 heteroatoms. The Bertz CT molecular complexity index is 927. The first-order chi connectivity index (χ1) is 12.7. The Morgan fingerprint density at radius 1 is 1.22 bits per heavy atom. The van der Waals surface area contributed by atoms with Gasteiger partial charge in [-0.3, -0.25) is 23.9 Å². The van der Waals surface area contributed by atoms with Crippen LogP contribution in [0.1, 0.15) is 6.92 Å². The van der Waals surface area contributed by atoms with Crippen LogP contribution in [0, 0.1) is 0 Å². The van der Waals surface area contributed by atoms with E-state index in [1.54, 1.807) is 0 Å². The smallest absolute Gasteiger partial charge is 0.328 e. The maximum absolute atomic E-state index is 12.3. The van der Waals surface area contributed by atoms with E-state index < -0.39 is 41.5 Å². The normalized spacial score (nSPS) is 11.9. The van der Waals surface area contributed by atoms with Gasteiger partial charge in [-0.1, -0.05) is 11.8 Å². The number of hydrogen-bond donors (Lipinski definition) is 2. The second-order valence-electron chi connectivity index (χ2n) is 5.26. The Hall–Kier alpha value is -2.95. The summed E-state index contributed by atoms with van der Waals surface area (Å²) in [6.45, 7) is 0.858. The summed E-state index contributed by atoms with van der Waals surface area (Å²) in [5.41, 5.74) is -1.04. The van der Waals surface area contributed by atoms with Gasteiger partial charge >= 0.3 is 11.7 Å². The highest BCUT2D eigenvalue weighted by molar-refractivity contribution is 7.99. The number of halogens is 2. The zero-order valence-corrected chi connectivity index (χ0v) is 14.8. The van der Waals surface area contributed by atoms with Crippen molar-refractivity contribution >= 4 is 29.3 Å². The third-order valence-electron chi connectivity index (χ3n) is 3.22. The van der Waals surface area contributed by atoms with Gasteiger partial charge in [0.1, 0.15) is 6.54 Å². The molecule has 1 amide bonds. The summed E-state index contributed by atoms with van der Waals surface area (Å²) >= 11 is 0.378. The fourth-order valence-electron chi connectivity index (χ4n) is 1.96. The van der Waals surface area contributed by atoms with E-state index >= 15 is 0 Å². The van der Waals surface area contributed by atoms with Gasteiger partial charge in [-0.25, -0.2) is 4.79 Å². The molecule has 1 atom stereocenters. The van der Waals surface area contributed by atoms with E-state index in [9.17, 15) is 28.0 Å². The molecule has 0 unspecified atom stereocenters. The van der Waals surface area contributed by atoms with Gasteiger partial charge in [-0.15, -0.1) is 0 Å². The van der Waals surface area contributed by atoms with Crippen LogP contribution in [0.25, 0.3) is 0 Å². The summed E-state index contributed by atoms with van der Waals surface area (Å²) in [5.74, 6) is -4.03. The molecule has 2 N–H and O–H groups in total. The number of hydrogen-bond acceptors (Lipinski definition) is 6. The van der Waals surface area contributed by atoms with Gasteiger partial charge < -0.3 is 10.1 Å². The second-order valence-corrected chi connectivity index (χ2v) is 6.33. The Balaban J connectivity index is 1.90. The number of alkyl halides is 2. The van der Waals surface area contributed by atoms with Crippen molar-refractivity contribution in [3.05, 3.63) is 57.4 Å². The van der Waals surface area contributed by atoms with E-state index in [0.717, 1.165) is 16.8 Å². The molecule has 27 heavy (non-hydrogen) atoms. The lowest BCUT2D eigenvalue weighted by atomic mass is 10.3. The molecule has 1 aromatic carbocycles. The van der Waals surface area contributed by atoms with Crippen LogP contribution in [0.2, 0.25) is 0 Å². The van der Waals surface area contributed by atoms with Gasteiger partial charge in [-0.2, -0.15) is 8.78 Å². The van der Waals surface area contributed by atoms with Crippen molar-refractivity contribution in [2.45, 2.75) is 30.2 Å². The summed E-state index contributed by atoms with van der Waals surface area (Å²) < 4.78 is 30.4. The van der Waals surface area contributed by atoms with Crippen LogP contribution in [-0.4, -0.2) is 33.3 Å². The first-order valence-electron chi connectivity index (χ1n) is 7.59. The SMILES string of the molecule is C[C@H](OC(=O)Cn1ccc(=O)[nH]c1=O)C(=O)Nc1ccc(SC(F)F)cc1. The van der Waals surface area contributed by atoms with Gasteiger partial charge in [-0.05, 0) is 31.2 Å². The minimum absolute atomic E-state index is 0.341. The van der Waals surface area contributed by atoms with E-state index in [0.29, 0.717) is 22.3 Å². The topological polar surface area (TPSA) is 110 Å². The van der Waals surface area contributed by atoms with Gasteiger partial charge in [0, 0.05) is 22.8 Å². The number of amides is 1. The maximum Gasteiger partial charge on any atom is 0.328 e. The summed E-state index contributed by atoms with van der Waals surface area (Å²) in [7, 11) is 0. The van der Waals surface area contributed by atoms with Crippen LogP contribution >= 0.6 is 11.8 Å². The average molecular weight is 399 g/mol. The molecule has 8 nitrogen and oxygen atoms in total. The number of thioether (sulfide) groups is 1. The van der Waals surface area contributed by atoms with E-state index in [1.807, 2.05) is 4.98 Å². The van der Waals surface area contributed by atoms with Crippen LogP contribution in [0.3, 0.4) is 0 Å². The van der Waals surface area contributed by atoms with Crippen LogP contribution in [0.15, 0.2) is 51.0 Å². The number of H-pyrrole nitrogens is 1. The lowest BCUT2D eigenvalue weighted by molar-refractivity contribution is -0.153. The van der Waals surface area contributed by atoms with E-state index in [4.69, 9.17) is 4.74 Å². The zero-order valence-electron chi connectivity index (χ0n) is 14.0. The third kappa shape index (κ3) is 6.37. The number of nitrogens with one attached hydrogen (secondary N) is 2. The maximum atomic E-state index is 12.3. The second kappa shape index (κ2) is 9.12. The molecule has 1 heterocycles. The Labute approximate surface area is 155 Å². The molecule has 0 saturated heterocycles. The molecular formula is C16H15F2N3O5S. The number of aromatic amines is 1. The monoisotopic (exact) mass is 399 g/mol. The van der Waals surface area contributed by atoms with E-state index in [2.05, 4.69) is 5.32 Å². The van der Waals surface area contributed by atoms with Crippen molar-refractivity contribution in [1.29, 1.82) is 0 Å². The molecule has 2 aromatic rings. The van der Waals surface area contributed by atoms with E-state index in [1.165, 1.54) is 31.2 Å². The molecule has 0 fully saturated rings. The van der Waals surface area contributed by atoms with Gasteiger partial charge in [0.2, 0.25) is 0 Å². The molecule has 0 aliphatic rings. The first kappa shape index (κ1) is 20.4. The molecular weight excluding hydrogens is 384 g/mol. The molecule has 0 aliphatic carbocycles. The predicted molar refractivity (Wildman–Crippen MR) is 93.8 cm³/mol. The molecule has 144 valence electrons. The molecule has 0 spiro atoms. The number of aromatic nitrogens is 2. The van der Waals surface area contributed by atoms with Crippen LogP contribution in [-0.2, 0) is 20.9 Å². The molecule has 0 radical (unpaired) electrons. The number of ether oxygens (including phenoxy) is 1. The summed E-state index contributed by atoms with van der Waals surface area (Å²) in [5, 5.41) is 2.48. The lowest BCUT2D eigenvalue weighted by Gasteiger charge is -2.14. The summed E-state index contributed by atoms with van der Waals surface area (Å²) in [4.78, 5) is 48.7. The third-order valence-corrected chi connectivity index (χ3v) is 3.94. The van der Waals surface area contributed by atoms with Gasteiger partial charge in [0.15, 0.2) is 6.10 Å². The lowest BCUT2D eigenvalue weighted by Crippen LogP contribution is -2.34. The fourth-order valence-corrected chi connectivity index (χ4v) is 2.46. The Kier molecular flexibility index (Phi) is 6.88. The zero-order chi connectivity index (χ0) is 20.0. The predicted octanol–water partition coefficient (Wildman–Crippen LogP) is 1.42. The Morgan fingerprint density at radius 2 is 1.89 bits per heavy atom. The molecule has 2 rings (SSSR count). The molecule has 0 bridgehead atoms. The van der Waals surface area contributed by atoms with Crippen molar-refractivity contribution in [2.75, 3.05) is 5.32 Å². The molecule has 1 aromatic heterocycles. The van der Waals surface area contributed by atoms with Crippen LogP contribution < -0.4 is 16.6 Å². The minimum Gasteiger partial charge on any atom is -0.451 e. The Morgan fingerprint density at radius 3 is 2.48 bits per heavy atom. The largest absolute Gasteiger partial charge is 0.451 e. The quantitative estimate of drug-likeness (QED) is 0.538. The molecule has 0 aliphatic heterocycles. The summed E-state index contributed by atoms with van der Waals surface area (Å²) in [6.07, 6.45) is -0.0300. The molecule has 0 saturated carbocycles. The van der Waals surface area contributed by atoms with E-state index in [-0.39, 0.29) is 0 Å². The number of benzene rings is 1. The van der Waals surface area contributed by atoms with Gasteiger partial charge in [0.05, 0.1) is 0 Å². The average Bonchev–Trinajstić information content (AvgIpc) is 2.58. The number of rotatable bonds is 7. The number of esters is 1. The van der Waals surface area contributed by atoms with Crippen LogP contribution in [0.4, 0.5) is 14.5 Å².